The fraction of sp³-hybridized carbons (Fsp3) is 0.0769. The molecule has 0 spiro atoms. The summed E-state index contributed by atoms with van der Waals surface area (Å²) in [6.45, 7) is 1.66. The Balaban J connectivity index is 2.46. The molecule has 2 aromatic carbocycles. The molecule has 2 aromatic rings. The van der Waals surface area contributed by atoms with Gasteiger partial charge in [-0.1, -0.05) is 12.1 Å². The first-order valence-electron chi connectivity index (χ1n) is 5.64. The van der Waals surface area contributed by atoms with Gasteiger partial charge < -0.3 is 5.73 Å². The zero-order valence-electron chi connectivity index (χ0n) is 10.5. The molecule has 20 heavy (non-hydrogen) atoms. The molecule has 0 saturated heterocycles. The topological polar surface area (TPSA) is 72.2 Å². The second-order valence-corrected chi connectivity index (χ2v) is 6.70. The monoisotopic (exact) mass is 358 g/mol. The predicted molar refractivity (Wildman–Crippen MR) is 80.5 cm³/mol. The number of halogens is 2. The number of rotatable bonds is 3. The number of nitrogen functional groups attached to an aromatic ring is 1. The summed E-state index contributed by atoms with van der Waals surface area (Å²) in [5, 5.41) is 0. The molecule has 106 valence electrons. The van der Waals surface area contributed by atoms with Crippen molar-refractivity contribution in [3.8, 4) is 0 Å². The van der Waals surface area contributed by atoms with Crippen LogP contribution in [0.15, 0.2) is 45.8 Å². The minimum absolute atomic E-state index is 0.0243. The van der Waals surface area contributed by atoms with Crippen LogP contribution < -0.4 is 10.5 Å². The van der Waals surface area contributed by atoms with Crippen LogP contribution in [0.4, 0.5) is 15.8 Å². The van der Waals surface area contributed by atoms with Gasteiger partial charge in [0.1, 0.15) is 10.7 Å². The van der Waals surface area contributed by atoms with E-state index in [-0.39, 0.29) is 16.3 Å². The third-order valence-electron chi connectivity index (χ3n) is 2.69. The summed E-state index contributed by atoms with van der Waals surface area (Å²) >= 11 is 3.11. The Morgan fingerprint density at radius 1 is 1.25 bits per heavy atom. The Morgan fingerprint density at radius 2 is 1.95 bits per heavy atom. The van der Waals surface area contributed by atoms with Gasteiger partial charge in [0.25, 0.3) is 10.0 Å². The Hall–Kier alpha value is -1.60. The number of sulfonamides is 1. The summed E-state index contributed by atoms with van der Waals surface area (Å²) in [5.74, 6) is -0.463. The van der Waals surface area contributed by atoms with Crippen molar-refractivity contribution < 1.29 is 12.8 Å². The second kappa shape index (κ2) is 5.41. The normalized spacial score (nSPS) is 11.3. The third-order valence-corrected chi connectivity index (χ3v) is 4.93. The van der Waals surface area contributed by atoms with Crippen molar-refractivity contribution in [1.82, 2.24) is 0 Å². The van der Waals surface area contributed by atoms with Crippen molar-refractivity contribution in [3.63, 3.8) is 0 Å². The van der Waals surface area contributed by atoms with Gasteiger partial charge in [-0.2, -0.15) is 0 Å². The van der Waals surface area contributed by atoms with Crippen molar-refractivity contribution in [1.29, 1.82) is 0 Å². The fourth-order valence-electron chi connectivity index (χ4n) is 1.81. The molecule has 0 unspecified atom stereocenters. The smallest absolute Gasteiger partial charge is 0.264 e. The molecule has 4 nitrogen and oxygen atoms in total. The molecule has 0 saturated carbocycles. The summed E-state index contributed by atoms with van der Waals surface area (Å²) in [7, 11) is -3.84. The Bertz CT molecular complexity index is 743. The van der Waals surface area contributed by atoms with Gasteiger partial charge in [0.2, 0.25) is 0 Å². The second-order valence-electron chi connectivity index (χ2n) is 4.22. The number of nitrogens with one attached hydrogen (secondary N) is 1. The minimum Gasteiger partial charge on any atom is -0.398 e. The van der Waals surface area contributed by atoms with Gasteiger partial charge in [-0.25, -0.2) is 12.8 Å². The van der Waals surface area contributed by atoms with E-state index in [1.165, 1.54) is 24.3 Å². The number of aryl methyl sites for hydroxylation is 1. The van der Waals surface area contributed by atoms with Crippen molar-refractivity contribution in [3.05, 3.63) is 52.3 Å². The van der Waals surface area contributed by atoms with Crippen molar-refractivity contribution in [2.45, 2.75) is 11.8 Å². The third kappa shape index (κ3) is 2.94. The molecular formula is C13H12BrFN2O2S. The van der Waals surface area contributed by atoms with Gasteiger partial charge in [-0.3, -0.25) is 4.72 Å². The zero-order valence-corrected chi connectivity index (χ0v) is 12.9. The molecule has 0 fully saturated rings. The summed E-state index contributed by atoms with van der Waals surface area (Å²) in [6, 6.07) is 8.54. The van der Waals surface area contributed by atoms with Crippen molar-refractivity contribution in [2.75, 3.05) is 10.5 Å². The number of hydrogen-bond donors (Lipinski definition) is 2. The minimum atomic E-state index is -3.84. The highest BCUT2D eigenvalue weighted by Gasteiger charge is 2.21. The van der Waals surface area contributed by atoms with Gasteiger partial charge >= 0.3 is 0 Å². The lowest BCUT2D eigenvalue weighted by atomic mass is 10.2. The van der Waals surface area contributed by atoms with Crippen molar-refractivity contribution >= 4 is 37.3 Å². The van der Waals surface area contributed by atoms with Crippen LogP contribution in [0.25, 0.3) is 0 Å². The van der Waals surface area contributed by atoms with Crippen LogP contribution >= 0.6 is 15.9 Å². The van der Waals surface area contributed by atoms with Crippen LogP contribution in [0.3, 0.4) is 0 Å². The molecule has 0 bridgehead atoms. The standard InChI is InChI=1S/C13H12BrFN2O2S/c1-8-3-2-4-11(16)13(8)20(18,19)17-12-6-5-9(15)7-10(12)14/h2-7,17H,16H2,1H3. The SMILES string of the molecule is Cc1cccc(N)c1S(=O)(=O)Nc1ccc(F)cc1Br. The van der Waals surface area contributed by atoms with E-state index in [2.05, 4.69) is 20.7 Å². The number of nitrogens with two attached hydrogens (primary N) is 1. The predicted octanol–water partition coefficient (Wildman–Crippen LogP) is 3.28. The first-order chi connectivity index (χ1) is 9.31. The van der Waals surface area contributed by atoms with Crippen LogP contribution in [-0.4, -0.2) is 8.42 Å². The van der Waals surface area contributed by atoms with Gasteiger partial charge in [0.05, 0.1) is 11.4 Å². The zero-order chi connectivity index (χ0) is 14.9. The average molecular weight is 359 g/mol. The average Bonchev–Trinajstić information content (AvgIpc) is 2.32. The molecule has 0 amide bonds. The van der Waals surface area contributed by atoms with Crippen LogP contribution in [-0.2, 0) is 10.0 Å². The van der Waals surface area contributed by atoms with Gasteiger partial charge in [-0.05, 0) is 52.7 Å². The summed E-state index contributed by atoms with van der Waals surface area (Å²) in [6.07, 6.45) is 0. The highest BCUT2D eigenvalue weighted by Crippen LogP contribution is 2.29. The van der Waals surface area contributed by atoms with Crippen LogP contribution in [0.2, 0.25) is 0 Å². The van der Waals surface area contributed by atoms with Gasteiger partial charge in [0.15, 0.2) is 0 Å². The van der Waals surface area contributed by atoms with E-state index in [0.29, 0.717) is 10.0 Å². The van der Waals surface area contributed by atoms with E-state index >= 15 is 0 Å². The van der Waals surface area contributed by atoms with Crippen molar-refractivity contribution in [2.24, 2.45) is 0 Å². The van der Waals surface area contributed by atoms with E-state index in [1.54, 1.807) is 19.1 Å². The number of hydrogen-bond acceptors (Lipinski definition) is 3. The van der Waals surface area contributed by atoms with E-state index < -0.39 is 15.8 Å². The van der Waals surface area contributed by atoms with E-state index in [9.17, 15) is 12.8 Å². The molecule has 7 heteroatoms. The molecule has 0 aromatic heterocycles. The van der Waals surface area contributed by atoms with Gasteiger partial charge in [0, 0.05) is 4.47 Å². The molecule has 0 aliphatic heterocycles. The molecule has 0 aliphatic rings. The summed E-state index contributed by atoms with van der Waals surface area (Å²) < 4.78 is 40.5. The number of benzene rings is 2. The maximum Gasteiger partial charge on any atom is 0.264 e. The molecule has 2 rings (SSSR count). The van der Waals surface area contributed by atoms with E-state index in [1.807, 2.05) is 0 Å². The lowest BCUT2D eigenvalue weighted by Gasteiger charge is -2.13. The maximum atomic E-state index is 13.0. The first kappa shape index (κ1) is 14.8. The molecule has 0 aliphatic carbocycles. The van der Waals surface area contributed by atoms with Gasteiger partial charge in [-0.15, -0.1) is 0 Å². The molecule has 3 N–H and O–H groups in total. The maximum absolute atomic E-state index is 13.0. The molecule has 0 atom stereocenters. The largest absolute Gasteiger partial charge is 0.398 e. The van der Waals surface area contributed by atoms with E-state index in [4.69, 9.17) is 5.73 Å². The highest BCUT2D eigenvalue weighted by molar-refractivity contribution is 9.10. The lowest BCUT2D eigenvalue weighted by Crippen LogP contribution is -2.16. The summed E-state index contributed by atoms with van der Waals surface area (Å²) in [4.78, 5) is 0.0243. The quantitative estimate of drug-likeness (QED) is 0.827. The molecular weight excluding hydrogens is 347 g/mol. The number of anilines is 2. The Morgan fingerprint density at radius 3 is 2.55 bits per heavy atom. The fourth-order valence-corrected chi connectivity index (χ4v) is 3.83. The Labute approximate surface area is 125 Å². The lowest BCUT2D eigenvalue weighted by molar-refractivity contribution is 0.600. The van der Waals surface area contributed by atoms with Crippen LogP contribution in [0.5, 0.6) is 0 Å². The van der Waals surface area contributed by atoms with E-state index in [0.717, 1.165) is 0 Å². The summed E-state index contributed by atoms with van der Waals surface area (Å²) in [5.41, 5.74) is 6.68. The first-order valence-corrected chi connectivity index (χ1v) is 7.92. The highest BCUT2D eigenvalue weighted by atomic mass is 79.9. The van der Waals surface area contributed by atoms with Crippen LogP contribution in [0.1, 0.15) is 5.56 Å². The van der Waals surface area contributed by atoms with Crippen LogP contribution in [0, 0.1) is 12.7 Å². The Kier molecular flexibility index (Phi) is 4.01. The molecule has 0 heterocycles. The molecule has 0 radical (unpaired) electrons.